The predicted octanol–water partition coefficient (Wildman–Crippen LogP) is 10.5. The first kappa shape index (κ1) is 77.7. The molecule has 0 fully saturated rings. The highest BCUT2D eigenvalue weighted by Gasteiger charge is 2.33. The fourth-order valence-electron chi connectivity index (χ4n) is 7.38. The Kier molecular flexibility index (Phi) is 31.6. The average molecular weight is 1380 g/mol. The van der Waals surface area contributed by atoms with Crippen LogP contribution < -0.4 is 39.9 Å². The number of carboxylic acids is 1. The van der Waals surface area contributed by atoms with Gasteiger partial charge in [0, 0.05) is 31.3 Å². The molecule has 2 unspecified atom stereocenters. The van der Waals surface area contributed by atoms with Crippen LogP contribution >= 0.6 is 65.6 Å². The van der Waals surface area contributed by atoms with E-state index < -0.39 is 80.1 Å². The van der Waals surface area contributed by atoms with Crippen molar-refractivity contribution in [2.24, 2.45) is 0 Å². The van der Waals surface area contributed by atoms with E-state index in [2.05, 4.69) is 43.9 Å². The van der Waals surface area contributed by atoms with Crippen molar-refractivity contribution in [3.8, 4) is 17.2 Å². The fourth-order valence-corrected chi connectivity index (χ4v) is 8.95. The summed E-state index contributed by atoms with van der Waals surface area (Å²) in [6.45, 7) is 17.3. The number of sulfonamides is 1. The van der Waals surface area contributed by atoms with Crippen molar-refractivity contribution in [2.75, 3.05) is 72.3 Å². The molecular formula is C53H67Cl5F3N10O15PS. The van der Waals surface area contributed by atoms with Gasteiger partial charge in [0.15, 0.2) is 4.84 Å². The number of benzene rings is 4. The smallest absolute Gasteiger partial charge is 0.416 e. The molecule has 1 aliphatic rings. The first-order valence-corrected chi connectivity index (χ1v) is 31.7. The molecule has 6 rings (SSSR count). The lowest BCUT2D eigenvalue weighted by Gasteiger charge is -2.35. The van der Waals surface area contributed by atoms with Gasteiger partial charge in [0.2, 0.25) is 33.1 Å². The second-order valence-corrected chi connectivity index (χ2v) is 25.0. The number of carboxylic acid groups (broad SMARTS) is 1. The largest absolute Gasteiger partial charge is 0.489 e. The number of hydrogen-bond acceptors (Lipinski definition) is 18. The van der Waals surface area contributed by atoms with E-state index in [4.69, 9.17) is 87.1 Å². The van der Waals surface area contributed by atoms with Crippen LogP contribution in [0, 0.1) is 17.0 Å². The standard InChI is InChI=1S/C15H10ClF3N2O6S.C15H22ClNO2.C11H11Cl2NO2.C9H16ClN5.C3H8NO5P/c1-28(25,26)20-14(22)10-7-9(3-4-12(10)21(23)24)27-13-5-2-8(6-11(13)16)15(17,18)19;1-5-13-8-6-7-11(2)15(13)17(14(18)9-16)12(3)10-19-4;1-7-6-16-9-5-3-2-4-8(9)14(7)11(15)10(12)13;1-5-11-7-12-6(10)13-8(14-7)15-9(2,3)4;5-3(6)1-4-2-10(7,8)9/h2-7H,1H3,(H,20,22);6-8,12H,5,9-10H2,1-4H3;2-5,7,10H,6H2,1H3;5H2,1-4H3,(H2,11,12,13,14,15);4H,1-2H2,(H,5,6)(H2,7,8,9). The summed E-state index contributed by atoms with van der Waals surface area (Å²) in [4.78, 5) is 86.8. The summed E-state index contributed by atoms with van der Waals surface area (Å²) in [5.41, 5.74) is 1.48. The number of nitro groups is 1. The van der Waals surface area contributed by atoms with E-state index in [1.807, 2.05) is 84.9 Å². The van der Waals surface area contributed by atoms with Crippen molar-refractivity contribution in [1.82, 2.24) is 25.0 Å². The number of rotatable bonds is 19. The maximum absolute atomic E-state index is 12.7. The SMILES string of the molecule is CC1COc2ccccc2N1C(=O)C(Cl)Cl.CCNc1nc(Cl)nc(NC(C)(C)C)n1.CCc1cccc(C)c1N(C(=O)CCl)C(C)COC.CS(=O)(=O)NC(=O)c1cc(Oc2ccc(C(F)(F)F)cc2Cl)ccc1[N+](=O)[O-].O=C(O)CNCP(=O)(O)O. The van der Waals surface area contributed by atoms with E-state index in [-0.39, 0.29) is 52.1 Å². The fraction of sp³-hybridized carbons (Fsp3) is 0.415. The molecular weight excluding hydrogens is 1310 g/mol. The molecule has 35 heteroatoms. The van der Waals surface area contributed by atoms with Gasteiger partial charge in [-0.15, -0.1) is 11.6 Å². The van der Waals surface area contributed by atoms with Gasteiger partial charge in [0.05, 0.1) is 64.7 Å². The zero-order valence-corrected chi connectivity index (χ0v) is 54.5. The van der Waals surface area contributed by atoms with E-state index in [1.165, 1.54) is 0 Å². The number of fused-ring (bicyclic) bond motifs is 1. The minimum Gasteiger partial charge on any atom is -0.489 e. The van der Waals surface area contributed by atoms with Crippen LogP contribution in [0.3, 0.4) is 0 Å². The van der Waals surface area contributed by atoms with Gasteiger partial charge in [-0.1, -0.05) is 72.1 Å². The number of nitrogens with zero attached hydrogens (tertiary/aromatic N) is 6. The minimum atomic E-state index is -4.62. The number of nitro benzene ring substituents is 1. The third-order valence-corrected chi connectivity index (χ3v) is 13.1. The van der Waals surface area contributed by atoms with E-state index in [0.29, 0.717) is 49.2 Å². The number of amides is 3. The molecule has 2 heterocycles. The van der Waals surface area contributed by atoms with E-state index in [9.17, 15) is 55.4 Å². The molecule has 0 radical (unpaired) electrons. The molecule has 5 aromatic rings. The molecule has 4 aromatic carbocycles. The average Bonchev–Trinajstić information content (AvgIpc) is 1.85. The number of aromatic nitrogens is 3. The third-order valence-electron chi connectivity index (χ3n) is 10.8. The lowest BCUT2D eigenvalue weighted by Crippen LogP contribution is -2.47. The molecule has 0 bridgehead atoms. The maximum Gasteiger partial charge on any atom is 0.416 e. The number of nitrogens with one attached hydrogen (secondary N) is 4. The highest BCUT2D eigenvalue weighted by Crippen LogP contribution is 2.38. The number of ether oxygens (including phenoxy) is 3. The Morgan fingerprint density at radius 2 is 1.61 bits per heavy atom. The number of halogens is 8. The molecule has 88 heavy (non-hydrogen) atoms. The van der Waals surface area contributed by atoms with Crippen molar-refractivity contribution in [3.05, 3.63) is 122 Å². The molecule has 0 aliphatic carbocycles. The number of carbonyl (C=O) groups is 4. The molecule has 2 atom stereocenters. The van der Waals surface area contributed by atoms with Crippen molar-refractivity contribution in [3.63, 3.8) is 0 Å². The maximum atomic E-state index is 12.7. The second kappa shape index (κ2) is 35.7. The third kappa shape index (κ3) is 27.2. The lowest BCUT2D eigenvalue weighted by molar-refractivity contribution is -0.385. The first-order valence-electron chi connectivity index (χ1n) is 25.8. The molecule has 0 spiro atoms. The molecule has 1 aliphatic heterocycles. The molecule has 486 valence electrons. The van der Waals surface area contributed by atoms with E-state index in [1.54, 1.807) is 21.6 Å². The van der Waals surface area contributed by atoms with Gasteiger partial charge in [-0.3, -0.25) is 39.2 Å². The number of hydrogen-bond donors (Lipinski definition) is 7. The number of aliphatic carboxylic acids is 1. The zero-order chi connectivity index (χ0) is 67.1. The Morgan fingerprint density at radius 3 is 2.14 bits per heavy atom. The summed E-state index contributed by atoms with van der Waals surface area (Å²) in [6, 6.07) is 18.4. The van der Waals surface area contributed by atoms with Crippen LogP contribution in [0.25, 0.3) is 0 Å². The molecule has 1 aromatic heterocycles. The van der Waals surface area contributed by atoms with Gasteiger partial charge in [0.25, 0.3) is 17.5 Å². The molecule has 0 saturated carbocycles. The highest BCUT2D eigenvalue weighted by atomic mass is 35.5. The molecule has 3 amide bonds. The quantitative estimate of drug-likeness (QED) is 0.0175. The number of para-hydroxylation sites is 3. The monoisotopic (exact) mass is 1380 g/mol. The second-order valence-electron chi connectivity index (χ2n) is 19.5. The Bertz CT molecular complexity index is 3350. The summed E-state index contributed by atoms with van der Waals surface area (Å²) in [6.07, 6.45) is -3.66. The Morgan fingerprint density at radius 1 is 0.977 bits per heavy atom. The zero-order valence-electron chi connectivity index (χ0n) is 49.0. The van der Waals surface area contributed by atoms with Crippen LogP contribution in [0.4, 0.5) is 42.1 Å². The number of alkyl halides is 6. The molecule has 25 nitrogen and oxygen atoms in total. The van der Waals surface area contributed by atoms with Crippen molar-refractivity contribution in [2.45, 2.75) is 90.4 Å². The minimum absolute atomic E-state index is 0.0223. The van der Waals surface area contributed by atoms with Crippen LogP contribution in [-0.2, 0) is 46.3 Å². The number of aryl methyl sites for hydroxylation is 2. The normalized spacial score (nSPS) is 13.1. The molecule has 7 N–H and O–H groups in total. The van der Waals surface area contributed by atoms with Crippen LogP contribution in [-0.4, -0.2) is 141 Å². The van der Waals surface area contributed by atoms with Crippen LogP contribution in [0.15, 0.2) is 78.9 Å². The summed E-state index contributed by atoms with van der Waals surface area (Å²) < 4.78 is 88.0. The van der Waals surface area contributed by atoms with Crippen molar-refractivity contribution >= 4 is 128 Å². The van der Waals surface area contributed by atoms with Crippen molar-refractivity contribution in [1.29, 1.82) is 0 Å². The Balaban J connectivity index is 0.000000390. The van der Waals surface area contributed by atoms with Gasteiger partial charge in [0.1, 0.15) is 35.3 Å². The van der Waals surface area contributed by atoms with E-state index >= 15 is 0 Å². The van der Waals surface area contributed by atoms with Gasteiger partial charge >= 0.3 is 19.7 Å². The first-order chi connectivity index (χ1) is 40.8. The van der Waals surface area contributed by atoms with Gasteiger partial charge in [-0.2, -0.15) is 28.1 Å². The Hall–Kier alpha value is -6.37. The number of methoxy groups -OCH3 is 1. The lowest BCUT2D eigenvalue weighted by atomic mass is 10.0. The summed E-state index contributed by atoms with van der Waals surface area (Å²) in [5.74, 6) is -1.59. The highest BCUT2D eigenvalue weighted by molar-refractivity contribution is 7.89. The van der Waals surface area contributed by atoms with Gasteiger partial charge < -0.3 is 49.5 Å². The van der Waals surface area contributed by atoms with Crippen LogP contribution in [0.1, 0.15) is 75.5 Å². The number of carbonyl (C=O) groups excluding carboxylic acids is 3. The summed E-state index contributed by atoms with van der Waals surface area (Å²) in [7, 11) is -6.46. The van der Waals surface area contributed by atoms with Crippen LogP contribution in [0.5, 0.6) is 17.2 Å². The topological polar surface area (TPSA) is 344 Å². The van der Waals surface area contributed by atoms with Gasteiger partial charge in [-0.05, 0) is 114 Å². The van der Waals surface area contributed by atoms with Crippen molar-refractivity contribution < 1.29 is 79.4 Å². The Labute approximate surface area is 531 Å². The summed E-state index contributed by atoms with van der Waals surface area (Å²) in [5, 5.41) is 27.0. The van der Waals surface area contributed by atoms with Gasteiger partial charge in [-0.25, -0.2) is 13.1 Å². The summed E-state index contributed by atoms with van der Waals surface area (Å²) >= 11 is 28.5. The van der Waals surface area contributed by atoms with Crippen LogP contribution in [0.2, 0.25) is 10.3 Å². The number of anilines is 4. The van der Waals surface area contributed by atoms with E-state index in [0.717, 1.165) is 59.7 Å². The predicted molar refractivity (Wildman–Crippen MR) is 331 cm³/mol. The molecule has 0 saturated heterocycles.